The third-order valence-corrected chi connectivity index (χ3v) is 5.47. The first-order valence-electron chi connectivity index (χ1n) is 8.87. The van der Waals surface area contributed by atoms with E-state index in [4.69, 9.17) is 0 Å². The van der Waals surface area contributed by atoms with Crippen LogP contribution in [-0.2, 0) is 9.59 Å². The normalized spacial score (nSPS) is 19.9. The zero-order chi connectivity index (χ0) is 17.3. The van der Waals surface area contributed by atoms with E-state index in [0.29, 0.717) is 12.8 Å². The summed E-state index contributed by atoms with van der Waals surface area (Å²) in [5, 5.41) is 2.96. The van der Waals surface area contributed by atoms with Crippen LogP contribution in [0, 0.1) is 19.3 Å². The van der Waals surface area contributed by atoms with E-state index in [1.807, 2.05) is 36.9 Å². The molecule has 0 unspecified atom stereocenters. The van der Waals surface area contributed by atoms with E-state index in [9.17, 15) is 9.59 Å². The van der Waals surface area contributed by atoms with Crippen molar-refractivity contribution in [1.29, 1.82) is 0 Å². The van der Waals surface area contributed by atoms with Gasteiger partial charge >= 0.3 is 0 Å². The molecule has 0 atom stereocenters. The van der Waals surface area contributed by atoms with Crippen LogP contribution in [0.1, 0.15) is 30.9 Å². The number of hydrogen-bond acceptors (Lipinski definition) is 3. The quantitative estimate of drug-likeness (QED) is 0.862. The number of carbonyl (C=O) groups excluding carboxylic acids is 2. The lowest BCUT2D eigenvalue weighted by atomic mass is 10.0. The van der Waals surface area contributed by atoms with Gasteiger partial charge in [-0.3, -0.25) is 9.59 Å². The zero-order valence-electron chi connectivity index (χ0n) is 14.9. The maximum absolute atomic E-state index is 12.9. The fourth-order valence-corrected chi connectivity index (χ4v) is 3.30. The molecule has 2 amide bonds. The molecular formula is C19H27N3O2. The van der Waals surface area contributed by atoms with Gasteiger partial charge in [0.1, 0.15) is 5.41 Å². The molecule has 1 N–H and O–H groups in total. The van der Waals surface area contributed by atoms with Crippen LogP contribution in [0.4, 0.5) is 5.69 Å². The minimum absolute atomic E-state index is 0.0135. The molecule has 1 heterocycles. The first-order chi connectivity index (χ1) is 11.5. The molecular weight excluding hydrogens is 302 g/mol. The number of hydrogen-bond donors (Lipinski definition) is 1. The molecule has 1 saturated carbocycles. The molecule has 1 saturated heterocycles. The van der Waals surface area contributed by atoms with Crippen molar-refractivity contribution in [2.75, 3.05) is 38.0 Å². The molecule has 2 fully saturated rings. The molecule has 2 aliphatic rings. The summed E-state index contributed by atoms with van der Waals surface area (Å²) in [6.45, 7) is 10.5. The lowest BCUT2D eigenvalue weighted by Crippen LogP contribution is -2.52. The van der Waals surface area contributed by atoms with Crippen LogP contribution in [0.2, 0.25) is 0 Å². The number of rotatable bonds is 4. The maximum atomic E-state index is 12.9. The summed E-state index contributed by atoms with van der Waals surface area (Å²) >= 11 is 0. The Morgan fingerprint density at radius 2 is 1.75 bits per heavy atom. The monoisotopic (exact) mass is 329 g/mol. The second kappa shape index (κ2) is 6.55. The maximum Gasteiger partial charge on any atom is 0.240 e. The van der Waals surface area contributed by atoms with Gasteiger partial charge in [0.15, 0.2) is 0 Å². The minimum Gasteiger partial charge on any atom is -0.339 e. The largest absolute Gasteiger partial charge is 0.339 e. The molecule has 0 bridgehead atoms. The van der Waals surface area contributed by atoms with Crippen LogP contribution in [0.25, 0.3) is 0 Å². The Morgan fingerprint density at radius 1 is 1.08 bits per heavy atom. The highest BCUT2D eigenvalue weighted by Crippen LogP contribution is 2.48. The van der Waals surface area contributed by atoms with Crippen LogP contribution >= 0.6 is 0 Å². The number of carbonyl (C=O) groups is 2. The van der Waals surface area contributed by atoms with Gasteiger partial charge in [0, 0.05) is 31.9 Å². The molecule has 3 rings (SSSR count). The summed E-state index contributed by atoms with van der Waals surface area (Å²) in [5.74, 6) is -0.131. The van der Waals surface area contributed by atoms with Gasteiger partial charge in [-0.15, -0.1) is 0 Å². The van der Waals surface area contributed by atoms with E-state index in [2.05, 4.69) is 17.1 Å². The summed E-state index contributed by atoms with van der Waals surface area (Å²) in [6.07, 6.45) is 1.33. The van der Waals surface area contributed by atoms with Crippen molar-refractivity contribution in [3.05, 3.63) is 29.3 Å². The van der Waals surface area contributed by atoms with Crippen molar-refractivity contribution < 1.29 is 9.59 Å². The molecule has 5 heteroatoms. The van der Waals surface area contributed by atoms with Gasteiger partial charge in [0.25, 0.3) is 0 Å². The van der Waals surface area contributed by atoms with Crippen LogP contribution in [0.15, 0.2) is 18.2 Å². The molecule has 1 aliphatic carbocycles. The van der Waals surface area contributed by atoms with E-state index in [-0.39, 0.29) is 11.8 Å². The lowest BCUT2D eigenvalue weighted by molar-refractivity contribution is -0.143. The van der Waals surface area contributed by atoms with Crippen molar-refractivity contribution >= 4 is 17.5 Å². The van der Waals surface area contributed by atoms with E-state index in [1.54, 1.807) is 0 Å². The molecule has 0 aromatic heterocycles. The SMILES string of the molecule is CCN1CCN(C(=O)C2(C(=O)Nc3ccc(C)c(C)c3)CC2)CC1. The predicted molar refractivity (Wildman–Crippen MR) is 94.9 cm³/mol. The Morgan fingerprint density at radius 3 is 2.29 bits per heavy atom. The summed E-state index contributed by atoms with van der Waals surface area (Å²) in [5.41, 5.74) is 2.28. The highest BCUT2D eigenvalue weighted by molar-refractivity contribution is 6.13. The van der Waals surface area contributed by atoms with Crippen LogP contribution in [0.3, 0.4) is 0 Å². The number of aryl methyl sites for hydroxylation is 2. The topological polar surface area (TPSA) is 52.7 Å². The minimum atomic E-state index is -0.826. The Bertz CT molecular complexity index is 644. The van der Waals surface area contributed by atoms with Crippen LogP contribution < -0.4 is 5.32 Å². The summed E-state index contributed by atoms with van der Waals surface area (Å²) in [7, 11) is 0. The number of benzene rings is 1. The number of piperazine rings is 1. The van der Waals surface area contributed by atoms with Crippen LogP contribution in [-0.4, -0.2) is 54.3 Å². The fraction of sp³-hybridized carbons (Fsp3) is 0.579. The zero-order valence-corrected chi connectivity index (χ0v) is 14.9. The van der Waals surface area contributed by atoms with Crippen molar-refractivity contribution in [1.82, 2.24) is 9.80 Å². The lowest BCUT2D eigenvalue weighted by Gasteiger charge is -2.35. The highest BCUT2D eigenvalue weighted by Gasteiger charge is 2.58. The second-order valence-electron chi connectivity index (χ2n) is 7.06. The number of anilines is 1. The van der Waals surface area contributed by atoms with Crippen LogP contribution in [0.5, 0.6) is 0 Å². The molecule has 0 spiro atoms. The Balaban J connectivity index is 1.65. The molecule has 1 aromatic rings. The first kappa shape index (κ1) is 17.0. The van der Waals surface area contributed by atoms with Crippen molar-refractivity contribution in [3.8, 4) is 0 Å². The van der Waals surface area contributed by atoms with Crippen molar-refractivity contribution in [3.63, 3.8) is 0 Å². The van der Waals surface area contributed by atoms with Gasteiger partial charge in [-0.2, -0.15) is 0 Å². The summed E-state index contributed by atoms with van der Waals surface area (Å²) < 4.78 is 0. The van der Waals surface area contributed by atoms with E-state index in [1.165, 1.54) is 5.56 Å². The van der Waals surface area contributed by atoms with Gasteiger partial charge in [-0.25, -0.2) is 0 Å². The molecule has 1 aliphatic heterocycles. The molecule has 130 valence electrons. The Kier molecular flexibility index (Phi) is 4.63. The predicted octanol–water partition coefficient (Wildman–Crippen LogP) is 2.19. The second-order valence-corrected chi connectivity index (χ2v) is 7.06. The first-order valence-corrected chi connectivity index (χ1v) is 8.87. The van der Waals surface area contributed by atoms with Gasteiger partial charge < -0.3 is 15.1 Å². The molecule has 24 heavy (non-hydrogen) atoms. The van der Waals surface area contributed by atoms with Gasteiger partial charge in [-0.1, -0.05) is 13.0 Å². The summed E-state index contributed by atoms with van der Waals surface area (Å²) in [4.78, 5) is 29.8. The number of likely N-dealkylation sites (N-methyl/N-ethyl adjacent to an activating group) is 1. The average molecular weight is 329 g/mol. The number of nitrogens with zero attached hydrogens (tertiary/aromatic N) is 2. The van der Waals surface area contributed by atoms with Crippen molar-refractivity contribution in [2.45, 2.75) is 33.6 Å². The third kappa shape index (κ3) is 3.18. The third-order valence-electron chi connectivity index (χ3n) is 5.47. The highest BCUT2D eigenvalue weighted by atomic mass is 16.2. The van der Waals surface area contributed by atoms with E-state index < -0.39 is 5.41 Å². The van der Waals surface area contributed by atoms with E-state index in [0.717, 1.165) is 44.0 Å². The number of nitrogens with one attached hydrogen (secondary N) is 1. The van der Waals surface area contributed by atoms with Gasteiger partial charge in [-0.05, 0) is 56.5 Å². The van der Waals surface area contributed by atoms with Gasteiger partial charge in [0.2, 0.25) is 11.8 Å². The molecule has 5 nitrogen and oxygen atoms in total. The fourth-order valence-electron chi connectivity index (χ4n) is 3.30. The van der Waals surface area contributed by atoms with E-state index >= 15 is 0 Å². The Hall–Kier alpha value is -1.88. The summed E-state index contributed by atoms with van der Waals surface area (Å²) in [6, 6.07) is 5.87. The molecule has 1 aromatic carbocycles. The molecule has 0 radical (unpaired) electrons. The van der Waals surface area contributed by atoms with Crippen molar-refractivity contribution in [2.24, 2.45) is 5.41 Å². The standard InChI is InChI=1S/C19H27N3O2/c1-4-21-9-11-22(12-10-21)18(24)19(7-8-19)17(23)20-16-6-5-14(2)15(3)13-16/h5-6,13H,4,7-12H2,1-3H3,(H,20,23). The number of amides is 2. The average Bonchev–Trinajstić information content (AvgIpc) is 3.39. The smallest absolute Gasteiger partial charge is 0.240 e. The Labute approximate surface area is 144 Å². The van der Waals surface area contributed by atoms with Gasteiger partial charge in [0.05, 0.1) is 0 Å².